The van der Waals surface area contributed by atoms with Gasteiger partial charge in [0.15, 0.2) is 0 Å². The molecule has 2 nitrogen and oxygen atoms in total. The van der Waals surface area contributed by atoms with Gasteiger partial charge in [0.25, 0.3) is 0 Å². The summed E-state index contributed by atoms with van der Waals surface area (Å²) in [4.78, 5) is 0. The van der Waals surface area contributed by atoms with E-state index in [0.717, 1.165) is 23.8 Å². The lowest BCUT2D eigenvalue weighted by Gasteiger charge is -2.37. The number of furan rings is 1. The molecule has 3 rings (SSSR count). The van der Waals surface area contributed by atoms with E-state index in [-0.39, 0.29) is 0 Å². The molecule has 19 heavy (non-hydrogen) atoms. The number of fused-ring (bicyclic) bond motifs is 1. The zero-order valence-electron chi connectivity index (χ0n) is 11.3. The summed E-state index contributed by atoms with van der Waals surface area (Å²) in [5.74, 6) is 1.72. The van der Waals surface area contributed by atoms with Crippen molar-refractivity contribution in [2.45, 2.75) is 38.7 Å². The van der Waals surface area contributed by atoms with Crippen molar-refractivity contribution in [3.05, 3.63) is 35.0 Å². The molecule has 0 bridgehead atoms. The normalized spacial score (nSPS) is 31.8. The lowest BCUT2D eigenvalue weighted by atomic mass is 9.73. The lowest BCUT2D eigenvalue weighted by molar-refractivity contribution is -0.0515. The Morgan fingerprint density at radius 1 is 1.21 bits per heavy atom. The van der Waals surface area contributed by atoms with Gasteiger partial charge in [0.1, 0.15) is 16.9 Å². The fourth-order valence-electron chi connectivity index (χ4n) is 3.53. The lowest BCUT2D eigenvalue weighted by Crippen LogP contribution is -2.35. The van der Waals surface area contributed by atoms with Crippen LogP contribution in [0.3, 0.4) is 0 Å². The van der Waals surface area contributed by atoms with Crippen LogP contribution in [0, 0.1) is 11.8 Å². The molecule has 0 aliphatic heterocycles. The predicted octanol–water partition coefficient (Wildman–Crippen LogP) is 4.73. The highest BCUT2D eigenvalue weighted by atomic mass is 35.5. The molecule has 1 aromatic heterocycles. The summed E-state index contributed by atoms with van der Waals surface area (Å²) in [7, 11) is 0. The van der Waals surface area contributed by atoms with Gasteiger partial charge in [-0.3, -0.25) is 0 Å². The molecule has 2 unspecified atom stereocenters. The summed E-state index contributed by atoms with van der Waals surface area (Å²) in [5.41, 5.74) is -0.0403. The summed E-state index contributed by atoms with van der Waals surface area (Å²) >= 11 is 5.99. The SMILES string of the molecule is CC1CC(C)CC(O)(c2cc3cc(Cl)ccc3o2)C1. The summed E-state index contributed by atoms with van der Waals surface area (Å²) in [5, 5.41) is 12.6. The molecule has 1 aliphatic rings. The first-order chi connectivity index (χ1) is 8.96. The van der Waals surface area contributed by atoms with Crippen molar-refractivity contribution in [1.29, 1.82) is 0 Å². The largest absolute Gasteiger partial charge is 0.458 e. The molecule has 3 heteroatoms. The maximum atomic E-state index is 10.9. The topological polar surface area (TPSA) is 33.4 Å². The second-order valence-electron chi connectivity index (χ2n) is 6.18. The highest BCUT2D eigenvalue weighted by Crippen LogP contribution is 2.44. The minimum absolute atomic E-state index is 0.519. The van der Waals surface area contributed by atoms with E-state index in [2.05, 4.69) is 13.8 Å². The molecule has 1 heterocycles. The fourth-order valence-corrected chi connectivity index (χ4v) is 3.72. The van der Waals surface area contributed by atoms with Crippen LogP contribution in [0.15, 0.2) is 28.7 Å². The summed E-state index contributed by atoms with van der Waals surface area (Å²) in [6.07, 6.45) is 2.71. The summed E-state index contributed by atoms with van der Waals surface area (Å²) in [6, 6.07) is 7.49. The predicted molar refractivity (Wildman–Crippen MR) is 77.3 cm³/mol. The summed E-state index contributed by atoms with van der Waals surface area (Å²) in [6.45, 7) is 4.39. The first-order valence-electron chi connectivity index (χ1n) is 6.88. The molecule has 1 fully saturated rings. The Hall–Kier alpha value is -0.990. The van der Waals surface area contributed by atoms with Gasteiger partial charge in [0.05, 0.1) is 0 Å². The van der Waals surface area contributed by atoms with Crippen molar-refractivity contribution in [2.75, 3.05) is 0 Å². The van der Waals surface area contributed by atoms with E-state index in [1.807, 2.05) is 24.3 Å². The van der Waals surface area contributed by atoms with Crippen molar-refractivity contribution >= 4 is 22.6 Å². The summed E-state index contributed by atoms with van der Waals surface area (Å²) < 4.78 is 5.85. The quantitative estimate of drug-likeness (QED) is 0.818. The zero-order valence-corrected chi connectivity index (χ0v) is 12.1. The van der Waals surface area contributed by atoms with Gasteiger partial charge in [-0.2, -0.15) is 0 Å². The Morgan fingerprint density at radius 3 is 2.58 bits per heavy atom. The molecule has 1 saturated carbocycles. The van der Waals surface area contributed by atoms with Crippen molar-refractivity contribution < 1.29 is 9.52 Å². The maximum absolute atomic E-state index is 10.9. The van der Waals surface area contributed by atoms with Crippen LogP contribution in [0.2, 0.25) is 5.02 Å². The first kappa shape index (κ1) is 13.0. The molecular weight excluding hydrogens is 260 g/mol. The maximum Gasteiger partial charge on any atom is 0.136 e. The molecule has 1 N–H and O–H groups in total. The molecule has 2 atom stereocenters. The van der Waals surface area contributed by atoms with Crippen LogP contribution in [0.1, 0.15) is 38.9 Å². The first-order valence-corrected chi connectivity index (χ1v) is 7.26. The van der Waals surface area contributed by atoms with Gasteiger partial charge in [-0.05, 0) is 55.4 Å². The van der Waals surface area contributed by atoms with Crippen LogP contribution in [0.5, 0.6) is 0 Å². The highest BCUT2D eigenvalue weighted by Gasteiger charge is 2.40. The zero-order chi connectivity index (χ0) is 13.6. The van der Waals surface area contributed by atoms with Crippen molar-refractivity contribution in [3.63, 3.8) is 0 Å². The van der Waals surface area contributed by atoms with Gasteiger partial charge in [-0.1, -0.05) is 25.4 Å². The Morgan fingerprint density at radius 2 is 1.89 bits per heavy atom. The Labute approximate surface area is 118 Å². The Bertz CT molecular complexity index is 592. The van der Waals surface area contributed by atoms with Crippen LogP contribution in [0.25, 0.3) is 11.0 Å². The Balaban J connectivity index is 2.02. The average molecular weight is 279 g/mol. The molecule has 1 aliphatic carbocycles. The van der Waals surface area contributed by atoms with Gasteiger partial charge in [0.2, 0.25) is 0 Å². The number of benzene rings is 1. The van der Waals surface area contributed by atoms with Gasteiger partial charge in [-0.25, -0.2) is 0 Å². The van der Waals surface area contributed by atoms with E-state index in [9.17, 15) is 5.11 Å². The van der Waals surface area contributed by atoms with E-state index in [0.29, 0.717) is 22.6 Å². The smallest absolute Gasteiger partial charge is 0.136 e. The fraction of sp³-hybridized carbons (Fsp3) is 0.500. The standard InChI is InChI=1S/C16H19ClO2/c1-10-5-11(2)9-16(18,8-10)15-7-12-6-13(17)3-4-14(12)19-15/h3-4,6-7,10-11,18H,5,8-9H2,1-2H3. The monoisotopic (exact) mass is 278 g/mol. The van der Waals surface area contributed by atoms with E-state index in [1.165, 1.54) is 6.42 Å². The van der Waals surface area contributed by atoms with Gasteiger partial charge in [-0.15, -0.1) is 0 Å². The van der Waals surface area contributed by atoms with Crippen LogP contribution in [-0.2, 0) is 5.60 Å². The highest BCUT2D eigenvalue weighted by molar-refractivity contribution is 6.31. The molecule has 1 aromatic carbocycles. The third-order valence-corrected chi connectivity index (χ3v) is 4.35. The van der Waals surface area contributed by atoms with Crippen molar-refractivity contribution in [3.8, 4) is 0 Å². The van der Waals surface area contributed by atoms with Gasteiger partial charge in [0, 0.05) is 10.4 Å². The second kappa shape index (κ2) is 4.53. The minimum atomic E-state index is -0.831. The number of hydrogen-bond acceptors (Lipinski definition) is 2. The number of rotatable bonds is 1. The molecule has 0 amide bonds. The van der Waals surface area contributed by atoms with Crippen molar-refractivity contribution in [2.24, 2.45) is 11.8 Å². The van der Waals surface area contributed by atoms with Crippen molar-refractivity contribution in [1.82, 2.24) is 0 Å². The van der Waals surface area contributed by atoms with Gasteiger partial charge >= 0.3 is 0 Å². The Kier molecular flexibility index (Phi) is 3.11. The number of aliphatic hydroxyl groups is 1. The van der Waals surface area contributed by atoms with Gasteiger partial charge < -0.3 is 9.52 Å². The van der Waals surface area contributed by atoms with E-state index in [4.69, 9.17) is 16.0 Å². The molecule has 0 saturated heterocycles. The van der Waals surface area contributed by atoms with Crippen LogP contribution < -0.4 is 0 Å². The third kappa shape index (κ3) is 2.39. The number of hydrogen-bond donors (Lipinski definition) is 1. The molecule has 2 aromatic rings. The third-order valence-electron chi connectivity index (χ3n) is 4.11. The van der Waals surface area contributed by atoms with E-state index >= 15 is 0 Å². The van der Waals surface area contributed by atoms with E-state index in [1.54, 1.807) is 0 Å². The molecule has 102 valence electrons. The van der Waals surface area contributed by atoms with Crippen LogP contribution in [-0.4, -0.2) is 5.11 Å². The number of halogens is 1. The molecule has 0 spiro atoms. The molecule has 0 radical (unpaired) electrons. The second-order valence-corrected chi connectivity index (χ2v) is 6.62. The minimum Gasteiger partial charge on any atom is -0.458 e. The van der Waals surface area contributed by atoms with E-state index < -0.39 is 5.60 Å². The average Bonchev–Trinajstić information content (AvgIpc) is 2.70. The molecular formula is C16H19ClO2. The van der Waals surface area contributed by atoms with Crippen LogP contribution in [0.4, 0.5) is 0 Å². The van der Waals surface area contributed by atoms with Crippen LogP contribution >= 0.6 is 11.6 Å².